The second kappa shape index (κ2) is 11.5. The molecular formula is C14H30N2O2. The highest BCUT2D eigenvalue weighted by atomic mass is 16.5. The predicted molar refractivity (Wildman–Crippen MR) is 75.7 cm³/mol. The number of methoxy groups -OCH3 is 1. The number of carbonyl (C=O) groups excluding carboxylic acids is 1. The fraction of sp³-hybridized carbons (Fsp3) is 0.929. The lowest BCUT2D eigenvalue weighted by atomic mass is 10.0. The summed E-state index contributed by atoms with van der Waals surface area (Å²) in [7, 11) is 1.67. The van der Waals surface area contributed by atoms with Crippen LogP contribution in [0.5, 0.6) is 0 Å². The van der Waals surface area contributed by atoms with E-state index < -0.39 is 0 Å². The minimum atomic E-state index is 0.0711. The van der Waals surface area contributed by atoms with Crippen LogP contribution in [0.2, 0.25) is 0 Å². The van der Waals surface area contributed by atoms with Crippen molar-refractivity contribution in [2.24, 2.45) is 5.92 Å². The first-order valence-corrected chi connectivity index (χ1v) is 7.05. The Bertz CT molecular complexity index is 208. The fourth-order valence-corrected chi connectivity index (χ4v) is 1.71. The summed E-state index contributed by atoms with van der Waals surface area (Å²) in [5.74, 6) is 0.836. The standard InChI is InChI=1S/C14H30N2O2/c1-12(2)7-5-8-13(3)16-11-14(17)15-9-6-10-18-4/h12-13,16H,5-11H2,1-4H3,(H,15,17). The molecule has 108 valence electrons. The molecule has 0 aliphatic carbocycles. The molecule has 2 N–H and O–H groups in total. The molecule has 4 heteroatoms. The van der Waals surface area contributed by atoms with Crippen molar-refractivity contribution < 1.29 is 9.53 Å². The maximum atomic E-state index is 11.5. The van der Waals surface area contributed by atoms with Crippen molar-refractivity contribution in [3.8, 4) is 0 Å². The number of hydrogen-bond acceptors (Lipinski definition) is 3. The minimum Gasteiger partial charge on any atom is -0.385 e. The van der Waals surface area contributed by atoms with Crippen LogP contribution >= 0.6 is 0 Å². The van der Waals surface area contributed by atoms with Gasteiger partial charge in [-0.1, -0.05) is 26.7 Å². The number of carbonyl (C=O) groups is 1. The zero-order valence-electron chi connectivity index (χ0n) is 12.4. The lowest BCUT2D eigenvalue weighted by Gasteiger charge is -2.14. The van der Waals surface area contributed by atoms with Gasteiger partial charge in [0.2, 0.25) is 5.91 Å². The largest absolute Gasteiger partial charge is 0.385 e. The van der Waals surface area contributed by atoms with E-state index in [1.807, 2.05) is 0 Å². The summed E-state index contributed by atoms with van der Waals surface area (Å²) in [4.78, 5) is 11.5. The summed E-state index contributed by atoms with van der Waals surface area (Å²) < 4.78 is 4.92. The van der Waals surface area contributed by atoms with Crippen LogP contribution in [0.15, 0.2) is 0 Å². The Labute approximate surface area is 112 Å². The first kappa shape index (κ1) is 17.4. The molecule has 0 aromatic rings. The molecule has 0 rings (SSSR count). The topological polar surface area (TPSA) is 50.4 Å². The average molecular weight is 258 g/mol. The van der Waals surface area contributed by atoms with Crippen LogP contribution in [0.25, 0.3) is 0 Å². The van der Waals surface area contributed by atoms with Crippen LogP contribution in [0.1, 0.15) is 46.5 Å². The molecule has 0 aromatic heterocycles. The molecule has 0 radical (unpaired) electrons. The molecular weight excluding hydrogens is 228 g/mol. The first-order chi connectivity index (χ1) is 8.56. The van der Waals surface area contributed by atoms with Crippen molar-refractivity contribution in [2.45, 2.75) is 52.5 Å². The van der Waals surface area contributed by atoms with Gasteiger partial charge in [-0.2, -0.15) is 0 Å². The van der Waals surface area contributed by atoms with E-state index in [-0.39, 0.29) is 5.91 Å². The third-order valence-corrected chi connectivity index (χ3v) is 2.88. The predicted octanol–water partition coefficient (Wildman–Crippen LogP) is 1.94. The maximum Gasteiger partial charge on any atom is 0.233 e. The zero-order chi connectivity index (χ0) is 13.8. The van der Waals surface area contributed by atoms with Gasteiger partial charge in [-0.15, -0.1) is 0 Å². The number of nitrogens with one attached hydrogen (secondary N) is 2. The monoisotopic (exact) mass is 258 g/mol. The third kappa shape index (κ3) is 11.9. The van der Waals surface area contributed by atoms with E-state index in [9.17, 15) is 4.79 Å². The number of ether oxygens (including phenoxy) is 1. The Balaban J connectivity index is 3.41. The van der Waals surface area contributed by atoms with Crippen molar-refractivity contribution in [3.05, 3.63) is 0 Å². The molecule has 0 spiro atoms. The van der Waals surface area contributed by atoms with Crippen molar-refractivity contribution in [1.82, 2.24) is 10.6 Å². The molecule has 0 aliphatic rings. The van der Waals surface area contributed by atoms with Crippen molar-refractivity contribution in [1.29, 1.82) is 0 Å². The molecule has 1 atom stereocenters. The minimum absolute atomic E-state index is 0.0711. The van der Waals surface area contributed by atoms with Crippen LogP contribution in [0.4, 0.5) is 0 Å². The molecule has 0 heterocycles. The SMILES string of the molecule is COCCCNC(=O)CNC(C)CCCC(C)C. The second-order valence-electron chi connectivity index (χ2n) is 5.30. The van der Waals surface area contributed by atoms with Crippen molar-refractivity contribution >= 4 is 5.91 Å². The van der Waals surface area contributed by atoms with E-state index >= 15 is 0 Å². The smallest absolute Gasteiger partial charge is 0.233 e. The summed E-state index contributed by atoms with van der Waals surface area (Å²) >= 11 is 0. The van der Waals surface area contributed by atoms with Gasteiger partial charge in [0.05, 0.1) is 6.54 Å². The summed E-state index contributed by atoms with van der Waals surface area (Å²) in [6, 6.07) is 0.411. The zero-order valence-corrected chi connectivity index (χ0v) is 12.4. The van der Waals surface area contributed by atoms with E-state index in [0.29, 0.717) is 25.7 Å². The Kier molecular flexibility index (Phi) is 11.1. The molecule has 18 heavy (non-hydrogen) atoms. The normalized spacial score (nSPS) is 12.7. The van der Waals surface area contributed by atoms with Gasteiger partial charge in [0.15, 0.2) is 0 Å². The Hall–Kier alpha value is -0.610. The number of amides is 1. The van der Waals surface area contributed by atoms with Crippen molar-refractivity contribution in [2.75, 3.05) is 26.8 Å². The molecule has 1 unspecified atom stereocenters. The summed E-state index contributed by atoms with van der Waals surface area (Å²) in [5, 5.41) is 6.12. The molecule has 0 fully saturated rings. The molecule has 0 aliphatic heterocycles. The summed E-state index contributed by atoms with van der Waals surface area (Å²) in [5.41, 5.74) is 0. The van der Waals surface area contributed by atoms with Gasteiger partial charge < -0.3 is 15.4 Å². The quantitative estimate of drug-likeness (QED) is 0.557. The highest BCUT2D eigenvalue weighted by Gasteiger charge is 2.05. The number of hydrogen-bond donors (Lipinski definition) is 2. The Morgan fingerprint density at radius 2 is 1.89 bits per heavy atom. The lowest BCUT2D eigenvalue weighted by Crippen LogP contribution is -2.38. The highest BCUT2D eigenvalue weighted by molar-refractivity contribution is 5.77. The van der Waals surface area contributed by atoms with E-state index in [0.717, 1.165) is 18.8 Å². The van der Waals surface area contributed by atoms with Gasteiger partial charge in [0.25, 0.3) is 0 Å². The molecule has 4 nitrogen and oxygen atoms in total. The van der Waals surface area contributed by atoms with Crippen LogP contribution in [-0.2, 0) is 9.53 Å². The van der Waals surface area contributed by atoms with Gasteiger partial charge in [-0.25, -0.2) is 0 Å². The van der Waals surface area contributed by atoms with Crippen LogP contribution in [-0.4, -0.2) is 38.8 Å². The van der Waals surface area contributed by atoms with Gasteiger partial charge in [0.1, 0.15) is 0 Å². The van der Waals surface area contributed by atoms with E-state index in [1.54, 1.807) is 7.11 Å². The van der Waals surface area contributed by atoms with Gasteiger partial charge in [0, 0.05) is 26.3 Å². The van der Waals surface area contributed by atoms with E-state index in [2.05, 4.69) is 31.4 Å². The first-order valence-electron chi connectivity index (χ1n) is 7.05. The summed E-state index contributed by atoms with van der Waals surface area (Å²) in [6.07, 6.45) is 4.48. The Morgan fingerprint density at radius 1 is 1.17 bits per heavy atom. The third-order valence-electron chi connectivity index (χ3n) is 2.88. The highest BCUT2D eigenvalue weighted by Crippen LogP contribution is 2.07. The molecule has 0 bridgehead atoms. The van der Waals surface area contributed by atoms with E-state index in [1.165, 1.54) is 12.8 Å². The Morgan fingerprint density at radius 3 is 2.50 bits per heavy atom. The van der Waals surface area contributed by atoms with Gasteiger partial charge in [-0.3, -0.25) is 4.79 Å². The maximum absolute atomic E-state index is 11.5. The molecule has 1 amide bonds. The van der Waals surface area contributed by atoms with Crippen LogP contribution in [0, 0.1) is 5.92 Å². The van der Waals surface area contributed by atoms with Crippen LogP contribution in [0.3, 0.4) is 0 Å². The van der Waals surface area contributed by atoms with Crippen molar-refractivity contribution in [3.63, 3.8) is 0 Å². The van der Waals surface area contributed by atoms with E-state index in [4.69, 9.17) is 4.74 Å². The molecule has 0 saturated carbocycles. The lowest BCUT2D eigenvalue weighted by molar-refractivity contribution is -0.120. The molecule has 0 saturated heterocycles. The fourth-order valence-electron chi connectivity index (χ4n) is 1.71. The van der Waals surface area contributed by atoms with Gasteiger partial charge in [-0.05, 0) is 25.7 Å². The molecule has 0 aromatic carbocycles. The van der Waals surface area contributed by atoms with Gasteiger partial charge >= 0.3 is 0 Å². The van der Waals surface area contributed by atoms with Crippen LogP contribution < -0.4 is 10.6 Å². The number of rotatable bonds is 11. The average Bonchev–Trinajstić information content (AvgIpc) is 2.31. The summed E-state index contributed by atoms with van der Waals surface area (Å²) in [6.45, 7) is 8.42. The second-order valence-corrected chi connectivity index (χ2v) is 5.30.